The summed E-state index contributed by atoms with van der Waals surface area (Å²) in [6.45, 7) is 5.12. The van der Waals surface area contributed by atoms with Crippen LogP contribution in [0, 0.1) is 5.92 Å². The van der Waals surface area contributed by atoms with E-state index in [0.29, 0.717) is 5.76 Å². The van der Waals surface area contributed by atoms with Gasteiger partial charge >= 0.3 is 0 Å². The lowest BCUT2D eigenvalue weighted by molar-refractivity contribution is -0.123. The van der Waals surface area contributed by atoms with Crippen molar-refractivity contribution in [2.75, 3.05) is 0 Å². The van der Waals surface area contributed by atoms with E-state index in [4.69, 9.17) is 4.52 Å². The van der Waals surface area contributed by atoms with Crippen LogP contribution in [-0.2, 0) is 16.0 Å². The Labute approximate surface area is 94.2 Å². The highest BCUT2D eigenvalue weighted by Crippen LogP contribution is 2.04. The van der Waals surface area contributed by atoms with Crippen LogP contribution in [0.2, 0.25) is 0 Å². The molecular weight excluding hydrogens is 208 g/mol. The SMILES string of the molecule is CC(=O)C(C)C(C)NC(=O)Cc1ccno1. The van der Waals surface area contributed by atoms with E-state index in [1.165, 1.54) is 13.1 Å². The first kappa shape index (κ1) is 12.4. The number of nitrogens with one attached hydrogen (secondary N) is 1. The number of aromatic nitrogens is 1. The van der Waals surface area contributed by atoms with Gasteiger partial charge in [0.1, 0.15) is 11.5 Å². The maximum atomic E-state index is 11.5. The fraction of sp³-hybridized carbons (Fsp3) is 0.545. The highest BCUT2D eigenvalue weighted by molar-refractivity contribution is 5.81. The molecule has 5 heteroatoms. The topological polar surface area (TPSA) is 72.2 Å². The number of rotatable bonds is 5. The van der Waals surface area contributed by atoms with Crippen LogP contribution in [-0.4, -0.2) is 22.9 Å². The first-order chi connectivity index (χ1) is 7.50. The number of Topliss-reactive ketones (excluding diaryl/α,β-unsaturated/α-hetero) is 1. The Balaban J connectivity index is 2.42. The predicted molar refractivity (Wildman–Crippen MR) is 57.7 cm³/mol. The molecule has 88 valence electrons. The molecule has 2 atom stereocenters. The lowest BCUT2D eigenvalue weighted by Crippen LogP contribution is -2.40. The Morgan fingerprint density at radius 3 is 2.69 bits per heavy atom. The van der Waals surface area contributed by atoms with Crippen molar-refractivity contribution in [3.63, 3.8) is 0 Å². The summed E-state index contributed by atoms with van der Waals surface area (Å²) in [5.74, 6) is 0.226. The molecule has 0 saturated heterocycles. The molecule has 1 amide bonds. The number of hydrogen-bond donors (Lipinski definition) is 1. The Kier molecular flexibility index (Phi) is 4.22. The van der Waals surface area contributed by atoms with Crippen LogP contribution in [0.4, 0.5) is 0 Å². The Bertz CT molecular complexity index is 359. The number of amides is 1. The molecule has 0 bridgehead atoms. The zero-order valence-corrected chi connectivity index (χ0v) is 9.69. The molecule has 16 heavy (non-hydrogen) atoms. The van der Waals surface area contributed by atoms with Gasteiger partial charge in [0.25, 0.3) is 0 Å². The van der Waals surface area contributed by atoms with Gasteiger partial charge in [0, 0.05) is 18.0 Å². The summed E-state index contributed by atoms with van der Waals surface area (Å²) < 4.78 is 4.82. The molecule has 1 rings (SSSR count). The molecule has 0 saturated carbocycles. The van der Waals surface area contributed by atoms with Crippen LogP contribution in [0.25, 0.3) is 0 Å². The van der Waals surface area contributed by atoms with Crippen molar-refractivity contribution >= 4 is 11.7 Å². The molecule has 1 aromatic heterocycles. The summed E-state index contributed by atoms with van der Waals surface area (Å²) in [6, 6.07) is 1.46. The average Bonchev–Trinajstić information content (AvgIpc) is 2.68. The zero-order chi connectivity index (χ0) is 12.1. The highest BCUT2D eigenvalue weighted by Gasteiger charge is 2.18. The van der Waals surface area contributed by atoms with Gasteiger partial charge in [-0.25, -0.2) is 0 Å². The number of carbonyl (C=O) groups is 2. The quantitative estimate of drug-likeness (QED) is 0.808. The normalized spacial score (nSPS) is 14.2. The van der Waals surface area contributed by atoms with Crippen LogP contribution in [0.3, 0.4) is 0 Å². The summed E-state index contributed by atoms with van der Waals surface area (Å²) in [7, 11) is 0. The van der Waals surface area contributed by atoms with E-state index in [9.17, 15) is 9.59 Å². The van der Waals surface area contributed by atoms with Crippen molar-refractivity contribution in [1.29, 1.82) is 0 Å². The van der Waals surface area contributed by atoms with E-state index >= 15 is 0 Å². The fourth-order valence-electron chi connectivity index (χ4n) is 1.27. The zero-order valence-electron chi connectivity index (χ0n) is 9.69. The second kappa shape index (κ2) is 5.44. The summed E-state index contributed by atoms with van der Waals surface area (Å²) in [4.78, 5) is 22.6. The third-order valence-electron chi connectivity index (χ3n) is 2.61. The van der Waals surface area contributed by atoms with Crippen molar-refractivity contribution in [3.8, 4) is 0 Å². The fourth-order valence-corrected chi connectivity index (χ4v) is 1.27. The van der Waals surface area contributed by atoms with E-state index in [1.807, 2.05) is 6.92 Å². The minimum absolute atomic E-state index is 0.0625. The molecule has 0 aromatic carbocycles. The van der Waals surface area contributed by atoms with E-state index in [0.717, 1.165) is 0 Å². The number of hydrogen-bond acceptors (Lipinski definition) is 4. The second-order valence-corrected chi connectivity index (χ2v) is 3.91. The lowest BCUT2D eigenvalue weighted by atomic mass is 9.99. The first-order valence-electron chi connectivity index (χ1n) is 5.20. The molecule has 0 radical (unpaired) electrons. The van der Waals surface area contributed by atoms with E-state index < -0.39 is 0 Å². The van der Waals surface area contributed by atoms with E-state index in [-0.39, 0.29) is 30.1 Å². The molecule has 0 fully saturated rings. The van der Waals surface area contributed by atoms with E-state index in [1.54, 1.807) is 13.0 Å². The van der Waals surface area contributed by atoms with Crippen LogP contribution < -0.4 is 5.32 Å². The van der Waals surface area contributed by atoms with Crippen molar-refractivity contribution in [1.82, 2.24) is 10.5 Å². The van der Waals surface area contributed by atoms with Gasteiger partial charge in [0.2, 0.25) is 5.91 Å². The molecular formula is C11H16N2O3. The molecule has 1 aromatic rings. The van der Waals surface area contributed by atoms with Gasteiger partial charge in [0.05, 0.1) is 12.6 Å². The first-order valence-corrected chi connectivity index (χ1v) is 5.20. The predicted octanol–water partition coefficient (Wildman–Crippen LogP) is 0.947. The monoisotopic (exact) mass is 224 g/mol. The average molecular weight is 224 g/mol. The molecule has 0 spiro atoms. The van der Waals surface area contributed by atoms with Gasteiger partial charge in [-0.05, 0) is 13.8 Å². The van der Waals surface area contributed by atoms with Gasteiger partial charge in [-0.1, -0.05) is 12.1 Å². The molecule has 1 heterocycles. The molecule has 0 aliphatic carbocycles. The largest absolute Gasteiger partial charge is 0.361 e. The van der Waals surface area contributed by atoms with Gasteiger partial charge < -0.3 is 9.84 Å². The van der Waals surface area contributed by atoms with Crippen LogP contribution in [0.5, 0.6) is 0 Å². The van der Waals surface area contributed by atoms with Crippen LogP contribution in [0.1, 0.15) is 26.5 Å². The van der Waals surface area contributed by atoms with Crippen LogP contribution in [0.15, 0.2) is 16.8 Å². The van der Waals surface area contributed by atoms with Gasteiger partial charge in [-0.15, -0.1) is 0 Å². The van der Waals surface area contributed by atoms with Crippen molar-refractivity contribution < 1.29 is 14.1 Å². The minimum Gasteiger partial charge on any atom is -0.361 e. The second-order valence-electron chi connectivity index (χ2n) is 3.91. The van der Waals surface area contributed by atoms with Crippen molar-refractivity contribution in [2.24, 2.45) is 5.92 Å². The van der Waals surface area contributed by atoms with Crippen molar-refractivity contribution in [3.05, 3.63) is 18.0 Å². The Hall–Kier alpha value is -1.65. The third-order valence-corrected chi connectivity index (χ3v) is 2.61. The maximum Gasteiger partial charge on any atom is 0.227 e. The molecule has 1 N–H and O–H groups in total. The van der Waals surface area contributed by atoms with Gasteiger partial charge in [-0.3, -0.25) is 9.59 Å². The minimum atomic E-state index is -0.182. The number of nitrogens with zero attached hydrogens (tertiary/aromatic N) is 1. The Morgan fingerprint density at radius 2 is 2.19 bits per heavy atom. The Morgan fingerprint density at radius 1 is 1.50 bits per heavy atom. The summed E-state index contributed by atoms with van der Waals surface area (Å²) in [5, 5.41) is 6.26. The number of carbonyl (C=O) groups excluding carboxylic acids is 2. The molecule has 5 nitrogen and oxygen atoms in total. The highest BCUT2D eigenvalue weighted by atomic mass is 16.5. The maximum absolute atomic E-state index is 11.5. The van der Waals surface area contributed by atoms with Gasteiger partial charge in [-0.2, -0.15) is 0 Å². The van der Waals surface area contributed by atoms with Crippen LogP contribution >= 0.6 is 0 Å². The number of ketones is 1. The van der Waals surface area contributed by atoms with Gasteiger partial charge in [0.15, 0.2) is 0 Å². The smallest absolute Gasteiger partial charge is 0.227 e. The standard InChI is InChI=1S/C11H16N2O3/c1-7(9(3)14)8(2)13-11(15)6-10-4-5-12-16-10/h4-5,7-8H,6H2,1-3H3,(H,13,15). The third kappa shape index (κ3) is 3.49. The molecule has 0 aliphatic heterocycles. The lowest BCUT2D eigenvalue weighted by Gasteiger charge is -2.18. The summed E-state index contributed by atoms with van der Waals surface area (Å²) >= 11 is 0. The molecule has 0 aliphatic rings. The van der Waals surface area contributed by atoms with E-state index in [2.05, 4.69) is 10.5 Å². The summed E-state index contributed by atoms with van der Waals surface area (Å²) in [5.41, 5.74) is 0. The van der Waals surface area contributed by atoms with Crippen molar-refractivity contribution in [2.45, 2.75) is 33.2 Å². The summed E-state index contributed by atoms with van der Waals surface area (Å²) in [6.07, 6.45) is 1.64. The molecule has 2 unspecified atom stereocenters.